The molecule has 1 aromatic rings. The van der Waals surface area contributed by atoms with Crippen LogP contribution in [0.3, 0.4) is 0 Å². The van der Waals surface area contributed by atoms with Crippen LogP contribution in [0.2, 0.25) is 0 Å². The van der Waals surface area contributed by atoms with Crippen molar-refractivity contribution in [2.45, 2.75) is 6.92 Å². The lowest BCUT2D eigenvalue weighted by Crippen LogP contribution is -2.09. The Bertz CT molecular complexity index is 440. The summed E-state index contributed by atoms with van der Waals surface area (Å²) in [6, 6.07) is 6.21. The molecule has 0 heterocycles. The molecule has 1 rings (SSSR count). The van der Waals surface area contributed by atoms with Gasteiger partial charge in [0.1, 0.15) is 11.6 Å². The first-order valence-corrected chi connectivity index (χ1v) is 5.19. The van der Waals surface area contributed by atoms with Gasteiger partial charge in [0.15, 0.2) is 0 Å². The smallest absolute Gasteiger partial charge is 0.289 e. The van der Waals surface area contributed by atoms with Gasteiger partial charge in [-0.25, -0.2) is 0 Å². The highest BCUT2D eigenvalue weighted by atomic mass is 16.6. The molecular formula is C11H13N3O3. The van der Waals surface area contributed by atoms with Gasteiger partial charge in [-0.2, -0.15) is 5.26 Å². The minimum atomic E-state index is -0.563. The largest absolute Gasteiger partial charge is 0.383 e. The molecular weight excluding hydrogens is 222 g/mol. The predicted molar refractivity (Wildman–Crippen MR) is 62.8 cm³/mol. The lowest BCUT2D eigenvalue weighted by molar-refractivity contribution is -0.385. The molecule has 0 saturated heterocycles. The van der Waals surface area contributed by atoms with Gasteiger partial charge in [-0.1, -0.05) is 0 Å². The summed E-state index contributed by atoms with van der Waals surface area (Å²) < 4.78 is 5.13. The number of nitro benzene ring substituents is 1. The van der Waals surface area contributed by atoms with Crippen molar-refractivity contribution < 1.29 is 9.66 Å². The Labute approximate surface area is 99.0 Å². The van der Waals surface area contributed by atoms with E-state index in [1.54, 1.807) is 12.1 Å². The number of hydrogen-bond donors (Lipinski definition) is 1. The molecule has 6 heteroatoms. The van der Waals surface area contributed by atoms with Crippen LogP contribution in [0.1, 0.15) is 12.5 Å². The molecule has 1 aromatic carbocycles. The zero-order valence-electron chi connectivity index (χ0n) is 9.47. The molecule has 0 fully saturated rings. The first-order valence-electron chi connectivity index (χ1n) is 5.19. The number of nitro groups is 1. The first kappa shape index (κ1) is 12.9. The predicted octanol–water partition coefficient (Wildman–Crippen LogP) is 1.91. The summed E-state index contributed by atoms with van der Waals surface area (Å²) >= 11 is 0. The number of nitrogens with zero attached hydrogens (tertiary/aromatic N) is 2. The van der Waals surface area contributed by atoms with Gasteiger partial charge in [-0.3, -0.25) is 10.1 Å². The zero-order chi connectivity index (χ0) is 12.7. The maximum absolute atomic E-state index is 10.7. The van der Waals surface area contributed by atoms with Gasteiger partial charge in [-0.05, 0) is 19.1 Å². The quantitative estimate of drug-likeness (QED) is 0.462. The van der Waals surface area contributed by atoms with E-state index in [1.807, 2.05) is 6.92 Å². The number of anilines is 1. The Balaban J connectivity index is 2.72. The van der Waals surface area contributed by atoms with Crippen LogP contribution in [0.15, 0.2) is 18.2 Å². The van der Waals surface area contributed by atoms with Crippen molar-refractivity contribution in [3.63, 3.8) is 0 Å². The summed E-state index contributed by atoms with van der Waals surface area (Å²) in [4.78, 5) is 10.1. The number of benzene rings is 1. The Morgan fingerprint density at radius 3 is 2.94 bits per heavy atom. The van der Waals surface area contributed by atoms with Crippen LogP contribution in [0.5, 0.6) is 0 Å². The van der Waals surface area contributed by atoms with Crippen LogP contribution in [0.25, 0.3) is 0 Å². The fourth-order valence-corrected chi connectivity index (χ4v) is 1.30. The molecule has 90 valence electrons. The summed E-state index contributed by atoms with van der Waals surface area (Å²) in [6.07, 6.45) is 0. The van der Waals surface area contributed by atoms with Crippen LogP contribution in [-0.4, -0.2) is 24.7 Å². The minimum Gasteiger partial charge on any atom is -0.383 e. The van der Waals surface area contributed by atoms with Gasteiger partial charge in [0.25, 0.3) is 5.69 Å². The van der Waals surface area contributed by atoms with Crippen molar-refractivity contribution in [2.75, 3.05) is 25.1 Å². The molecule has 0 unspecified atom stereocenters. The van der Waals surface area contributed by atoms with Gasteiger partial charge >= 0.3 is 0 Å². The van der Waals surface area contributed by atoms with Crippen molar-refractivity contribution in [2.24, 2.45) is 0 Å². The van der Waals surface area contributed by atoms with Crippen molar-refractivity contribution in [1.29, 1.82) is 5.26 Å². The summed E-state index contributed by atoms with van der Waals surface area (Å²) in [6.45, 7) is 3.63. The molecule has 6 nitrogen and oxygen atoms in total. The fraction of sp³-hybridized carbons (Fsp3) is 0.364. The summed E-state index contributed by atoms with van der Waals surface area (Å²) in [7, 11) is 0. The van der Waals surface area contributed by atoms with E-state index in [0.717, 1.165) is 0 Å². The number of nitriles is 1. The average molecular weight is 235 g/mol. The molecule has 1 N–H and O–H groups in total. The Morgan fingerprint density at radius 2 is 2.35 bits per heavy atom. The van der Waals surface area contributed by atoms with Crippen LogP contribution in [-0.2, 0) is 4.74 Å². The lowest BCUT2D eigenvalue weighted by Gasteiger charge is -2.06. The molecule has 0 spiro atoms. The van der Waals surface area contributed by atoms with Gasteiger partial charge in [0.2, 0.25) is 0 Å². The third kappa shape index (κ3) is 3.74. The highest BCUT2D eigenvalue weighted by molar-refractivity contribution is 5.59. The summed E-state index contributed by atoms with van der Waals surface area (Å²) in [5.74, 6) is 0. The first-order chi connectivity index (χ1) is 8.19. The summed E-state index contributed by atoms with van der Waals surface area (Å²) in [5.41, 5.74) is 0.481. The van der Waals surface area contributed by atoms with Crippen LogP contribution in [0, 0.1) is 21.4 Å². The number of nitrogens with one attached hydrogen (secondary N) is 1. The monoisotopic (exact) mass is 235 g/mol. The SMILES string of the molecule is CCOCCNc1ccc(C#N)c([N+](=O)[O-])c1. The van der Waals surface area contributed by atoms with Crippen molar-refractivity contribution in [1.82, 2.24) is 0 Å². The molecule has 0 aromatic heterocycles. The second-order valence-corrected chi connectivity index (χ2v) is 3.22. The Hall–Kier alpha value is -2.13. The fourth-order valence-electron chi connectivity index (χ4n) is 1.30. The second kappa shape index (κ2) is 6.45. The molecule has 0 aliphatic carbocycles. The van der Waals surface area contributed by atoms with E-state index in [9.17, 15) is 10.1 Å². The molecule has 0 atom stereocenters. The van der Waals surface area contributed by atoms with E-state index in [4.69, 9.17) is 10.00 Å². The maximum atomic E-state index is 10.7. The normalized spacial score (nSPS) is 9.65. The maximum Gasteiger partial charge on any atom is 0.289 e. The molecule has 0 aliphatic heterocycles. The second-order valence-electron chi connectivity index (χ2n) is 3.22. The average Bonchev–Trinajstić information content (AvgIpc) is 2.34. The Kier molecular flexibility index (Phi) is 4.91. The molecule has 0 amide bonds. The summed E-state index contributed by atoms with van der Waals surface area (Å²) in [5, 5.41) is 22.4. The van der Waals surface area contributed by atoms with Gasteiger partial charge in [0.05, 0.1) is 11.5 Å². The zero-order valence-corrected chi connectivity index (χ0v) is 9.47. The van der Waals surface area contributed by atoms with Crippen LogP contribution >= 0.6 is 0 Å². The highest BCUT2D eigenvalue weighted by Crippen LogP contribution is 2.22. The Morgan fingerprint density at radius 1 is 1.59 bits per heavy atom. The third-order valence-corrected chi connectivity index (χ3v) is 2.09. The van der Waals surface area contributed by atoms with E-state index in [2.05, 4.69) is 5.32 Å². The highest BCUT2D eigenvalue weighted by Gasteiger charge is 2.13. The van der Waals surface area contributed by atoms with Gasteiger partial charge < -0.3 is 10.1 Å². The number of hydrogen-bond acceptors (Lipinski definition) is 5. The lowest BCUT2D eigenvalue weighted by atomic mass is 10.2. The van der Waals surface area contributed by atoms with E-state index >= 15 is 0 Å². The third-order valence-electron chi connectivity index (χ3n) is 2.09. The molecule has 17 heavy (non-hydrogen) atoms. The molecule has 0 radical (unpaired) electrons. The van der Waals surface area contributed by atoms with Crippen LogP contribution in [0.4, 0.5) is 11.4 Å². The minimum absolute atomic E-state index is 0.0605. The van der Waals surface area contributed by atoms with Crippen molar-refractivity contribution in [3.8, 4) is 6.07 Å². The van der Waals surface area contributed by atoms with E-state index in [-0.39, 0.29) is 11.3 Å². The molecule has 0 bridgehead atoms. The number of rotatable bonds is 6. The van der Waals surface area contributed by atoms with Crippen molar-refractivity contribution >= 4 is 11.4 Å². The number of ether oxygens (including phenoxy) is 1. The van der Waals surface area contributed by atoms with Crippen LogP contribution < -0.4 is 5.32 Å². The van der Waals surface area contributed by atoms with Gasteiger partial charge in [0, 0.05) is 24.9 Å². The van der Waals surface area contributed by atoms with E-state index in [1.165, 1.54) is 12.1 Å². The molecule has 0 saturated carbocycles. The van der Waals surface area contributed by atoms with Gasteiger partial charge in [-0.15, -0.1) is 0 Å². The standard InChI is InChI=1S/C11H13N3O3/c1-2-17-6-5-13-10-4-3-9(8-12)11(7-10)14(15)16/h3-4,7,13H,2,5-6H2,1H3. The topological polar surface area (TPSA) is 88.2 Å². The van der Waals surface area contributed by atoms with E-state index in [0.29, 0.717) is 25.4 Å². The molecule has 0 aliphatic rings. The van der Waals surface area contributed by atoms with Crippen molar-refractivity contribution in [3.05, 3.63) is 33.9 Å². The van der Waals surface area contributed by atoms with E-state index < -0.39 is 4.92 Å².